The van der Waals surface area contributed by atoms with Gasteiger partial charge in [0.05, 0.1) is 11.3 Å². The number of aromatic nitrogens is 1. The first-order valence-corrected chi connectivity index (χ1v) is 6.49. The maximum Gasteiger partial charge on any atom is 0.269 e. The van der Waals surface area contributed by atoms with E-state index in [1.165, 1.54) is 12.1 Å². The second-order valence-corrected chi connectivity index (χ2v) is 4.81. The molecule has 0 unspecified atom stereocenters. The van der Waals surface area contributed by atoms with Crippen molar-refractivity contribution in [1.29, 1.82) is 0 Å². The molecule has 2 rings (SSSR count). The summed E-state index contributed by atoms with van der Waals surface area (Å²) in [5.41, 5.74) is 0.544. The number of benzene rings is 1. The smallest absolute Gasteiger partial charge is 0.269 e. The fraction of sp³-hybridized carbons (Fsp3) is 0.0769. The van der Waals surface area contributed by atoms with Crippen LogP contribution in [0.3, 0.4) is 0 Å². The molecule has 0 aliphatic rings. The number of carbonyl (C=O) groups excluding carboxylic acids is 1. The Morgan fingerprint density at radius 1 is 1.30 bits per heavy atom. The predicted octanol–water partition coefficient (Wildman–Crippen LogP) is 2.93. The van der Waals surface area contributed by atoms with Crippen molar-refractivity contribution in [2.45, 2.75) is 6.42 Å². The summed E-state index contributed by atoms with van der Waals surface area (Å²) in [6.45, 7) is 0. The quantitative estimate of drug-likeness (QED) is 0.528. The molecule has 0 bridgehead atoms. The lowest BCUT2D eigenvalue weighted by Crippen LogP contribution is -2.15. The SMILES string of the molecule is O=C(Cc1cccc([N+](=O)[O-])c1)Nc1cccc(Br)n1. The first-order chi connectivity index (χ1) is 9.54. The Morgan fingerprint density at radius 2 is 2.05 bits per heavy atom. The summed E-state index contributed by atoms with van der Waals surface area (Å²) < 4.78 is 0.616. The largest absolute Gasteiger partial charge is 0.310 e. The molecule has 102 valence electrons. The van der Waals surface area contributed by atoms with Crippen molar-refractivity contribution in [3.05, 3.63) is 62.7 Å². The molecule has 7 heteroatoms. The number of nitro benzene ring substituents is 1. The van der Waals surface area contributed by atoms with Crippen LogP contribution >= 0.6 is 15.9 Å². The van der Waals surface area contributed by atoms with Crippen LogP contribution in [0.25, 0.3) is 0 Å². The summed E-state index contributed by atoms with van der Waals surface area (Å²) in [5.74, 6) is 0.144. The van der Waals surface area contributed by atoms with E-state index in [9.17, 15) is 14.9 Å². The minimum atomic E-state index is -0.489. The van der Waals surface area contributed by atoms with E-state index in [0.29, 0.717) is 16.0 Å². The van der Waals surface area contributed by atoms with Crippen LogP contribution in [0, 0.1) is 10.1 Å². The Balaban J connectivity index is 2.04. The molecule has 0 aliphatic carbocycles. The maximum absolute atomic E-state index is 11.8. The van der Waals surface area contributed by atoms with E-state index in [1.807, 2.05) is 0 Å². The maximum atomic E-state index is 11.8. The van der Waals surface area contributed by atoms with Gasteiger partial charge >= 0.3 is 0 Å². The lowest BCUT2D eigenvalue weighted by molar-refractivity contribution is -0.384. The topological polar surface area (TPSA) is 85.1 Å². The Kier molecular flexibility index (Phi) is 4.41. The van der Waals surface area contributed by atoms with Crippen LogP contribution in [-0.4, -0.2) is 15.8 Å². The normalized spacial score (nSPS) is 10.1. The van der Waals surface area contributed by atoms with E-state index in [-0.39, 0.29) is 18.0 Å². The van der Waals surface area contributed by atoms with Gasteiger partial charge in [0, 0.05) is 12.1 Å². The number of non-ortho nitro benzene ring substituents is 1. The first kappa shape index (κ1) is 14.1. The Bertz CT molecular complexity index is 661. The fourth-order valence-electron chi connectivity index (χ4n) is 1.63. The number of nitrogens with one attached hydrogen (secondary N) is 1. The average Bonchev–Trinajstić information content (AvgIpc) is 2.38. The molecule has 6 nitrogen and oxygen atoms in total. The Hall–Kier alpha value is -2.28. The number of nitro groups is 1. The highest BCUT2D eigenvalue weighted by Gasteiger charge is 2.09. The minimum absolute atomic E-state index is 0.0316. The molecular formula is C13H10BrN3O3. The minimum Gasteiger partial charge on any atom is -0.310 e. The van der Waals surface area contributed by atoms with E-state index < -0.39 is 4.92 Å². The second-order valence-electron chi connectivity index (χ2n) is 4.00. The number of halogens is 1. The number of nitrogens with zero attached hydrogens (tertiary/aromatic N) is 2. The zero-order valence-corrected chi connectivity index (χ0v) is 11.8. The van der Waals surface area contributed by atoms with Crippen LogP contribution in [0.15, 0.2) is 47.1 Å². The van der Waals surface area contributed by atoms with Gasteiger partial charge in [0.25, 0.3) is 5.69 Å². The van der Waals surface area contributed by atoms with E-state index in [4.69, 9.17) is 0 Å². The van der Waals surface area contributed by atoms with Crippen molar-refractivity contribution < 1.29 is 9.72 Å². The van der Waals surface area contributed by atoms with Crippen LogP contribution in [0.2, 0.25) is 0 Å². The summed E-state index contributed by atoms with van der Waals surface area (Å²) in [6.07, 6.45) is 0.0515. The molecule has 0 fully saturated rings. The van der Waals surface area contributed by atoms with E-state index in [0.717, 1.165) is 0 Å². The Labute approximate surface area is 123 Å². The molecule has 0 aliphatic heterocycles. The van der Waals surface area contributed by atoms with Gasteiger partial charge in [-0.2, -0.15) is 0 Å². The van der Waals surface area contributed by atoms with Crippen molar-refractivity contribution in [3.63, 3.8) is 0 Å². The molecule has 20 heavy (non-hydrogen) atoms. The molecule has 0 saturated heterocycles. The number of hydrogen-bond acceptors (Lipinski definition) is 4. The lowest BCUT2D eigenvalue weighted by Gasteiger charge is -2.04. The summed E-state index contributed by atoms with van der Waals surface area (Å²) in [7, 11) is 0. The van der Waals surface area contributed by atoms with Crippen LogP contribution in [0.5, 0.6) is 0 Å². The number of pyridine rings is 1. The third-order valence-electron chi connectivity index (χ3n) is 2.47. The summed E-state index contributed by atoms with van der Waals surface area (Å²) in [4.78, 5) is 26.1. The molecule has 1 heterocycles. The van der Waals surface area contributed by atoms with Crippen LogP contribution in [-0.2, 0) is 11.2 Å². The highest BCUT2D eigenvalue weighted by atomic mass is 79.9. The number of carbonyl (C=O) groups is 1. The second kappa shape index (κ2) is 6.25. The van der Waals surface area contributed by atoms with Crippen molar-refractivity contribution in [2.75, 3.05) is 5.32 Å². The molecule has 0 spiro atoms. The van der Waals surface area contributed by atoms with E-state index in [1.54, 1.807) is 30.3 Å². The Morgan fingerprint density at radius 3 is 2.75 bits per heavy atom. The third kappa shape index (κ3) is 3.86. The third-order valence-corrected chi connectivity index (χ3v) is 2.91. The van der Waals surface area contributed by atoms with Gasteiger partial charge < -0.3 is 5.32 Å². The lowest BCUT2D eigenvalue weighted by atomic mass is 10.1. The zero-order chi connectivity index (χ0) is 14.5. The summed E-state index contributed by atoms with van der Waals surface area (Å²) in [6, 6.07) is 11.1. The first-order valence-electron chi connectivity index (χ1n) is 5.70. The molecule has 1 aromatic carbocycles. The van der Waals surface area contributed by atoms with Crippen LogP contribution in [0.1, 0.15) is 5.56 Å². The van der Waals surface area contributed by atoms with Gasteiger partial charge in [-0.25, -0.2) is 4.98 Å². The molecule has 0 atom stereocenters. The summed E-state index contributed by atoms with van der Waals surface area (Å²) in [5, 5.41) is 13.3. The standard InChI is InChI=1S/C13H10BrN3O3/c14-11-5-2-6-12(15-11)16-13(18)8-9-3-1-4-10(7-9)17(19)20/h1-7H,8H2,(H,15,16,18). The van der Waals surface area contributed by atoms with Gasteiger partial charge in [-0.05, 0) is 33.6 Å². The van der Waals surface area contributed by atoms with Crippen LogP contribution < -0.4 is 5.32 Å². The van der Waals surface area contributed by atoms with E-state index in [2.05, 4.69) is 26.2 Å². The summed E-state index contributed by atoms with van der Waals surface area (Å²) >= 11 is 3.21. The average molecular weight is 336 g/mol. The molecule has 2 aromatic rings. The fourth-order valence-corrected chi connectivity index (χ4v) is 1.97. The highest BCUT2D eigenvalue weighted by molar-refractivity contribution is 9.10. The molecule has 1 aromatic heterocycles. The number of amides is 1. The van der Waals surface area contributed by atoms with E-state index >= 15 is 0 Å². The molecular weight excluding hydrogens is 326 g/mol. The van der Waals surface area contributed by atoms with Gasteiger partial charge in [-0.1, -0.05) is 18.2 Å². The molecule has 0 saturated carbocycles. The number of anilines is 1. The monoisotopic (exact) mass is 335 g/mol. The molecule has 1 N–H and O–H groups in total. The van der Waals surface area contributed by atoms with Gasteiger partial charge in [0.15, 0.2) is 0 Å². The van der Waals surface area contributed by atoms with Gasteiger partial charge in [0.2, 0.25) is 5.91 Å². The number of rotatable bonds is 4. The van der Waals surface area contributed by atoms with Crippen molar-refractivity contribution in [2.24, 2.45) is 0 Å². The van der Waals surface area contributed by atoms with Crippen molar-refractivity contribution in [3.8, 4) is 0 Å². The predicted molar refractivity (Wildman–Crippen MR) is 77.4 cm³/mol. The molecule has 0 radical (unpaired) electrons. The number of hydrogen-bond donors (Lipinski definition) is 1. The van der Waals surface area contributed by atoms with Gasteiger partial charge in [-0.15, -0.1) is 0 Å². The van der Waals surface area contributed by atoms with Crippen molar-refractivity contribution >= 4 is 33.3 Å². The molecule has 1 amide bonds. The van der Waals surface area contributed by atoms with Gasteiger partial charge in [-0.3, -0.25) is 14.9 Å². The highest BCUT2D eigenvalue weighted by Crippen LogP contribution is 2.14. The zero-order valence-electron chi connectivity index (χ0n) is 10.2. The van der Waals surface area contributed by atoms with Crippen molar-refractivity contribution in [1.82, 2.24) is 4.98 Å². The van der Waals surface area contributed by atoms with Crippen LogP contribution in [0.4, 0.5) is 11.5 Å². The van der Waals surface area contributed by atoms with Gasteiger partial charge in [0.1, 0.15) is 10.4 Å².